The second kappa shape index (κ2) is 5.66. The van der Waals surface area contributed by atoms with E-state index in [1.54, 1.807) is 19.2 Å². The van der Waals surface area contributed by atoms with Gasteiger partial charge in [-0.25, -0.2) is 4.98 Å². The van der Waals surface area contributed by atoms with Gasteiger partial charge in [0.05, 0.1) is 24.9 Å². The van der Waals surface area contributed by atoms with Gasteiger partial charge in [0, 0.05) is 12.4 Å². The van der Waals surface area contributed by atoms with Crippen molar-refractivity contribution in [2.75, 3.05) is 7.11 Å². The van der Waals surface area contributed by atoms with E-state index in [0.29, 0.717) is 17.9 Å². The average Bonchev–Trinajstić information content (AvgIpc) is 2.95. The minimum absolute atomic E-state index is 0.176. The van der Waals surface area contributed by atoms with Crippen LogP contribution < -0.4 is 10.1 Å². The van der Waals surface area contributed by atoms with Crippen LogP contribution >= 0.6 is 0 Å². The van der Waals surface area contributed by atoms with E-state index in [0.717, 1.165) is 11.3 Å². The summed E-state index contributed by atoms with van der Waals surface area (Å²) in [6, 6.07) is 12.9. The van der Waals surface area contributed by atoms with Crippen molar-refractivity contribution in [1.82, 2.24) is 14.7 Å². The van der Waals surface area contributed by atoms with Gasteiger partial charge in [-0.15, -0.1) is 0 Å². The Kier molecular flexibility index (Phi) is 3.55. The fraction of sp³-hybridized carbons (Fsp3) is 0.125. The number of rotatable bonds is 4. The molecule has 0 spiro atoms. The van der Waals surface area contributed by atoms with Crippen molar-refractivity contribution in [1.29, 1.82) is 0 Å². The Bertz CT molecular complexity index is 747. The molecule has 1 N–H and O–H groups in total. The Morgan fingerprint density at radius 1 is 1.24 bits per heavy atom. The Hall–Kier alpha value is -2.82. The molecule has 0 radical (unpaired) electrons. The third-order valence-corrected chi connectivity index (χ3v) is 3.20. The van der Waals surface area contributed by atoms with E-state index in [4.69, 9.17) is 4.74 Å². The first kappa shape index (κ1) is 13.2. The first-order valence-corrected chi connectivity index (χ1v) is 6.62. The van der Waals surface area contributed by atoms with Gasteiger partial charge in [0.25, 0.3) is 5.91 Å². The van der Waals surface area contributed by atoms with Gasteiger partial charge in [0.1, 0.15) is 11.4 Å². The molecule has 0 atom stereocenters. The van der Waals surface area contributed by atoms with Crippen LogP contribution in [0.4, 0.5) is 0 Å². The summed E-state index contributed by atoms with van der Waals surface area (Å²) in [6.45, 7) is 0.374. The molecule has 0 saturated heterocycles. The number of imidazole rings is 1. The molecule has 0 saturated carbocycles. The Morgan fingerprint density at radius 3 is 2.86 bits per heavy atom. The van der Waals surface area contributed by atoms with Crippen LogP contribution in [0.2, 0.25) is 0 Å². The van der Waals surface area contributed by atoms with E-state index in [9.17, 15) is 4.79 Å². The van der Waals surface area contributed by atoms with Gasteiger partial charge in [0.15, 0.2) is 0 Å². The maximum atomic E-state index is 12.2. The predicted molar refractivity (Wildman–Crippen MR) is 79.4 cm³/mol. The highest BCUT2D eigenvalue weighted by molar-refractivity contribution is 5.96. The number of fused-ring (bicyclic) bond motifs is 1. The number of nitrogens with one attached hydrogen (secondary N) is 1. The Balaban J connectivity index is 1.73. The molecular formula is C16H15N3O2. The summed E-state index contributed by atoms with van der Waals surface area (Å²) in [4.78, 5) is 16.6. The highest BCUT2D eigenvalue weighted by atomic mass is 16.5. The number of benzene rings is 1. The first-order chi connectivity index (χ1) is 10.3. The largest absolute Gasteiger partial charge is 0.496 e. The second-order valence-corrected chi connectivity index (χ2v) is 4.58. The van der Waals surface area contributed by atoms with Gasteiger partial charge < -0.3 is 14.5 Å². The quantitative estimate of drug-likeness (QED) is 0.798. The van der Waals surface area contributed by atoms with Gasteiger partial charge in [-0.3, -0.25) is 4.79 Å². The number of carbonyl (C=O) groups excluding carboxylic acids is 1. The fourth-order valence-electron chi connectivity index (χ4n) is 2.17. The number of amides is 1. The molecule has 5 nitrogen and oxygen atoms in total. The first-order valence-electron chi connectivity index (χ1n) is 6.62. The molecule has 106 valence electrons. The lowest BCUT2D eigenvalue weighted by atomic mass is 10.2. The van der Waals surface area contributed by atoms with E-state index in [-0.39, 0.29) is 5.91 Å². The van der Waals surface area contributed by atoms with Crippen LogP contribution in [0.3, 0.4) is 0 Å². The number of ether oxygens (including phenoxy) is 1. The summed E-state index contributed by atoms with van der Waals surface area (Å²) < 4.78 is 7.11. The highest BCUT2D eigenvalue weighted by Crippen LogP contribution is 2.17. The standard InChI is InChI=1S/C16H15N3O2/c1-21-14-7-3-2-6-13(14)16(20)17-10-12-11-19-9-5-4-8-15(19)18-12/h2-9,11H,10H2,1H3,(H,17,20). The number of carbonyl (C=O) groups is 1. The van der Waals surface area contributed by atoms with E-state index in [1.807, 2.05) is 47.1 Å². The molecule has 5 heteroatoms. The maximum Gasteiger partial charge on any atom is 0.255 e. The van der Waals surface area contributed by atoms with Crippen molar-refractivity contribution < 1.29 is 9.53 Å². The zero-order valence-electron chi connectivity index (χ0n) is 11.6. The van der Waals surface area contributed by atoms with Crippen LogP contribution in [0.15, 0.2) is 54.9 Å². The summed E-state index contributed by atoms with van der Waals surface area (Å²) in [5.74, 6) is 0.384. The molecule has 3 aromatic rings. The Morgan fingerprint density at radius 2 is 2.05 bits per heavy atom. The van der Waals surface area contributed by atoms with Gasteiger partial charge in [0.2, 0.25) is 0 Å². The van der Waals surface area contributed by atoms with E-state index in [1.165, 1.54) is 0 Å². The lowest BCUT2D eigenvalue weighted by molar-refractivity contribution is 0.0947. The average molecular weight is 281 g/mol. The summed E-state index contributed by atoms with van der Waals surface area (Å²) in [6.07, 6.45) is 3.83. The van der Waals surface area contributed by atoms with Crippen LogP contribution in [0.1, 0.15) is 16.1 Å². The van der Waals surface area contributed by atoms with Crippen molar-refractivity contribution in [3.05, 3.63) is 66.1 Å². The second-order valence-electron chi connectivity index (χ2n) is 4.58. The number of aromatic nitrogens is 2. The molecule has 0 aliphatic heterocycles. The monoisotopic (exact) mass is 281 g/mol. The van der Waals surface area contributed by atoms with Crippen molar-refractivity contribution in [2.24, 2.45) is 0 Å². The third kappa shape index (κ3) is 2.72. The lowest BCUT2D eigenvalue weighted by Crippen LogP contribution is -2.23. The summed E-state index contributed by atoms with van der Waals surface area (Å²) in [5, 5.41) is 2.86. The molecular weight excluding hydrogens is 266 g/mol. The summed E-state index contributed by atoms with van der Waals surface area (Å²) >= 11 is 0. The van der Waals surface area contributed by atoms with Crippen molar-refractivity contribution in [3.63, 3.8) is 0 Å². The van der Waals surface area contributed by atoms with Crippen LogP contribution in [0.25, 0.3) is 5.65 Å². The molecule has 2 heterocycles. The van der Waals surface area contributed by atoms with Crippen LogP contribution in [0.5, 0.6) is 5.75 Å². The number of methoxy groups -OCH3 is 1. The summed E-state index contributed by atoms with van der Waals surface area (Å²) in [7, 11) is 1.55. The van der Waals surface area contributed by atoms with E-state index < -0.39 is 0 Å². The van der Waals surface area contributed by atoms with Crippen molar-refractivity contribution in [2.45, 2.75) is 6.54 Å². The number of nitrogens with zero attached hydrogens (tertiary/aromatic N) is 2. The molecule has 3 rings (SSSR count). The van der Waals surface area contributed by atoms with Crippen molar-refractivity contribution in [3.8, 4) is 5.75 Å². The molecule has 0 bridgehead atoms. The number of pyridine rings is 1. The molecule has 0 unspecified atom stereocenters. The normalized spacial score (nSPS) is 10.5. The van der Waals surface area contributed by atoms with Gasteiger partial charge in [-0.2, -0.15) is 0 Å². The molecule has 0 aliphatic rings. The molecule has 0 aliphatic carbocycles. The number of para-hydroxylation sites is 1. The van der Waals surface area contributed by atoms with Crippen LogP contribution in [-0.4, -0.2) is 22.4 Å². The fourth-order valence-corrected chi connectivity index (χ4v) is 2.17. The predicted octanol–water partition coefficient (Wildman–Crippen LogP) is 2.27. The van der Waals surface area contributed by atoms with Gasteiger partial charge in [-0.05, 0) is 24.3 Å². The lowest BCUT2D eigenvalue weighted by Gasteiger charge is -2.07. The summed E-state index contributed by atoms with van der Waals surface area (Å²) in [5.41, 5.74) is 2.19. The number of hydrogen-bond acceptors (Lipinski definition) is 3. The molecule has 0 fully saturated rings. The van der Waals surface area contributed by atoms with Gasteiger partial charge in [-0.1, -0.05) is 18.2 Å². The minimum Gasteiger partial charge on any atom is -0.496 e. The molecule has 1 amide bonds. The van der Waals surface area contributed by atoms with E-state index >= 15 is 0 Å². The molecule has 21 heavy (non-hydrogen) atoms. The van der Waals surface area contributed by atoms with Crippen LogP contribution in [0, 0.1) is 0 Å². The highest BCUT2D eigenvalue weighted by Gasteiger charge is 2.11. The van der Waals surface area contributed by atoms with E-state index in [2.05, 4.69) is 10.3 Å². The zero-order valence-corrected chi connectivity index (χ0v) is 11.6. The SMILES string of the molecule is COc1ccccc1C(=O)NCc1cn2ccccc2n1. The number of hydrogen-bond donors (Lipinski definition) is 1. The van der Waals surface area contributed by atoms with Crippen LogP contribution in [-0.2, 0) is 6.54 Å². The third-order valence-electron chi connectivity index (χ3n) is 3.20. The zero-order chi connectivity index (χ0) is 14.7. The van der Waals surface area contributed by atoms with Gasteiger partial charge >= 0.3 is 0 Å². The molecule has 1 aromatic carbocycles. The Labute approximate surface area is 122 Å². The topological polar surface area (TPSA) is 55.6 Å². The smallest absolute Gasteiger partial charge is 0.255 e. The molecule has 2 aromatic heterocycles. The minimum atomic E-state index is -0.176. The maximum absolute atomic E-state index is 12.2. The van der Waals surface area contributed by atoms with Crippen molar-refractivity contribution >= 4 is 11.6 Å².